The number of carbonyl (C=O) groups is 1. The first kappa shape index (κ1) is 22.7. The van der Waals surface area contributed by atoms with Crippen molar-refractivity contribution in [3.05, 3.63) is 59.7 Å². The van der Waals surface area contributed by atoms with Crippen molar-refractivity contribution in [2.75, 3.05) is 26.8 Å². The lowest BCUT2D eigenvalue weighted by Crippen LogP contribution is -2.38. The summed E-state index contributed by atoms with van der Waals surface area (Å²) in [6.07, 6.45) is 3.12. The molecule has 3 atom stereocenters. The maximum atomic E-state index is 13.1. The third-order valence-corrected chi connectivity index (χ3v) is 7.27. The summed E-state index contributed by atoms with van der Waals surface area (Å²) in [5.41, 5.74) is 1.82. The number of aliphatic hydroxyl groups is 1. The molecule has 2 aromatic rings. The van der Waals surface area contributed by atoms with Crippen LogP contribution in [0.1, 0.15) is 50.2 Å². The highest BCUT2D eigenvalue weighted by atomic mass is 16.5. The van der Waals surface area contributed by atoms with Crippen LogP contribution in [0.3, 0.4) is 0 Å². The summed E-state index contributed by atoms with van der Waals surface area (Å²) in [6, 6.07) is 16.1. The number of nitrogens with zero attached hydrogens (tertiary/aromatic N) is 1. The van der Waals surface area contributed by atoms with Gasteiger partial charge in [-0.3, -0.25) is 4.79 Å². The Balaban J connectivity index is 1.51. The van der Waals surface area contributed by atoms with Crippen LogP contribution in [-0.2, 0) is 11.2 Å². The molecule has 1 aliphatic heterocycles. The van der Waals surface area contributed by atoms with E-state index in [-0.39, 0.29) is 11.8 Å². The second kappa shape index (κ2) is 9.53. The Hall–Kier alpha value is -2.53. The van der Waals surface area contributed by atoms with Gasteiger partial charge in [0.15, 0.2) is 11.5 Å². The molecular weight excluding hydrogens is 402 g/mol. The summed E-state index contributed by atoms with van der Waals surface area (Å²) in [4.78, 5) is 15.0. The van der Waals surface area contributed by atoms with E-state index in [9.17, 15) is 9.90 Å². The Morgan fingerprint density at radius 2 is 1.94 bits per heavy atom. The molecule has 0 radical (unpaired) electrons. The first-order valence-corrected chi connectivity index (χ1v) is 11.7. The molecule has 1 saturated carbocycles. The van der Waals surface area contributed by atoms with Crippen LogP contribution in [0.2, 0.25) is 0 Å². The largest absolute Gasteiger partial charge is 0.493 e. The molecule has 2 fully saturated rings. The highest BCUT2D eigenvalue weighted by Crippen LogP contribution is 2.47. The lowest BCUT2D eigenvalue weighted by Gasteiger charge is -2.33. The van der Waals surface area contributed by atoms with E-state index in [1.807, 2.05) is 48.2 Å². The van der Waals surface area contributed by atoms with Gasteiger partial charge in [-0.05, 0) is 55.4 Å². The fourth-order valence-electron chi connectivity index (χ4n) is 4.68. The fraction of sp³-hybridized carbons (Fsp3) is 0.519. The van der Waals surface area contributed by atoms with E-state index in [1.165, 1.54) is 18.4 Å². The van der Waals surface area contributed by atoms with Crippen molar-refractivity contribution in [3.8, 4) is 11.5 Å². The molecule has 1 N–H and O–H groups in total. The molecule has 2 aromatic carbocycles. The highest BCUT2D eigenvalue weighted by molar-refractivity contribution is 5.77. The number of hydrogen-bond acceptors (Lipinski definition) is 4. The number of rotatable bonds is 9. The van der Waals surface area contributed by atoms with E-state index in [2.05, 4.69) is 19.1 Å². The van der Waals surface area contributed by atoms with E-state index in [0.29, 0.717) is 32.0 Å². The molecule has 1 aliphatic carbocycles. The predicted octanol–water partition coefficient (Wildman–Crippen LogP) is 4.43. The van der Waals surface area contributed by atoms with Crippen LogP contribution in [0.4, 0.5) is 0 Å². The van der Waals surface area contributed by atoms with Crippen LogP contribution in [0.25, 0.3) is 0 Å². The molecule has 172 valence electrons. The topological polar surface area (TPSA) is 59.0 Å². The Labute approximate surface area is 191 Å². The van der Waals surface area contributed by atoms with Gasteiger partial charge < -0.3 is 19.5 Å². The Kier molecular flexibility index (Phi) is 6.75. The molecule has 1 amide bonds. The SMILES string of the molecule is COc1ccc([C@@H]2CN(C(=O)CCc3ccccc3)C[C@@]2(C)[C@@H](C)O)cc1OCC1CC1. The van der Waals surface area contributed by atoms with Gasteiger partial charge in [0.2, 0.25) is 5.91 Å². The fourth-order valence-corrected chi connectivity index (χ4v) is 4.68. The first-order chi connectivity index (χ1) is 15.4. The number of carbonyl (C=O) groups excluding carboxylic acids is 1. The number of amides is 1. The lowest BCUT2D eigenvalue weighted by atomic mass is 9.72. The van der Waals surface area contributed by atoms with Crippen molar-refractivity contribution in [2.45, 2.75) is 51.6 Å². The van der Waals surface area contributed by atoms with Gasteiger partial charge in [-0.25, -0.2) is 0 Å². The summed E-state index contributed by atoms with van der Waals surface area (Å²) < 4.78 is 11.6. The number of aryl methyl sites for hydroxylation is 1. The normalized spacial score (nSPS) is 23.8. The van der Waals surface area contributed by atoms with Gasteiger partial charge in [0, 0.05) is 30.8 Å². The molecule has 0 spiro atoms. The van der Waals surface area contributed by atoms with Gasteiger partial charge >= 0.3 is 0 Å². The zero-order chi connectivity index (χ0) is 22.7. The summed E-state index contributed by atoms with van der Waals surface area (Å²) in [7, 11) is 1.65. The van der Waals surface area contributed by atoms with E-state index in [1.54, 1.807) is 7.11 Å². The van der Waals surface area contributed by atoms with Gasteiger partial charge in [0.25, 0.3) is 0 Å². The molecule has 1 saturated heterocycles. The van der Waals surface area contributed by atoms with Crippen molar-refractivity contribution in [1.82, 2.24) is 4.90 Å². The number of benzene rings is 2. The third-order valence-electron chi connectivity index (χ3n) is 7.27. The molecule has 5 nitrogen and oxygen atoms in total. The highest BCUT2D eigenvalue weighted by Gasteiger charge is 2.48. The van der Waals surface area contributed by atoms with Crippen molar-refractivity contribution >= 4 is 5.91 Å². The molecule has 0 unspecified atom stereocenters. The van der Waals surface area contributed by atoms with Crippen LogP contribution in [0.5, 0.6) is 11.5 Å². The zero-order valence-electron chi connectivity index (χ0n) is 19.4. The van der Waals surface area contributed by atoms with E-state index >= 15 is 0 Å². The number of methoxy groups -OCH3 is 1. The average Bonchev–Trinajstić information content (AvgIpc) is 3.56. The van der Waals surface area contributed by atoms with E-state index in [0.717, 1.165) is 23.5 Å². The maximum Gasteiger partial charge on any atom is 0.222 e. The minimum absolute atomic E-state index is 0.0253. The molecule has 32 heavy (non-hydrogen) atoms. The first-order valence-electron chi connectivity index (χ1n) is 11.7. The van der Waals surface area contributed by atoms with Crippen LogP contribution in [-0.4, -0.2) is 48.8 Å². The summed E-state index contributed by atoms with van der Waals surface area (Å²) in [5.74, 6) is 2.29. The van der Waals surface area contributed by atoms with Crippen molar-refractivity contribution in [2.24, 2.45) is 11.3 Å². The Bertz CT molecular complexity index is 925. The molecular formula is C27H35NO4. The minimum atomic E-state index is -0.544. The standard InChI is InChI=1S/C27H35NO4/c1-19(29)27(2)18-28(26(30)14-11-20-7-5-4-6-8-20)16-23(27)22-12-13-24(31-3)25(15-22)32-17-21-9-10-21/h4-8,12-13,15,19,21,23,29H,9-11,14,16-18H2,1-3H3/t19-,23+,27+/m1/s1. The third kappa shape index (κ3) is 4.93. The summed E-state index contributed by atoms with van der Waals surface area (Å²) in [5, 5.41) is 10.7. The van der Waals surface area contributed by atoms with E-state index in [4.69, 9.17) is 9.47 Å². The van der Waals surface area contributed by atoms with Crippen molar-refractivity contribution in [3.63, 3.8) is 0 Å². The quantitative estimate of drug-likeness (QED) is 0.631. The smallest absolute Gasteiger partial charge is 0.222 e. The second-order valence-electron chi connectivity index (χ2n) is 9.66. The monoisotopic (exact) mass is 437 g/mol. The van der Waals surface area contributed by atoms with Gasteiger partial charge in [0.1, 0.15) is 0 Å². The van der Waals surface area contributed by atoms with Gasteiger partial charge in [-0.15, -0.1) is 0 Å². The lowest BCUT2D eigenvalue weighted by molar-refractivity contribution is -0.130. The number of ether oxygens (including phenoxy) is 2. The molecule has 1 heterocycles. The van der Waals surface area contributed by atoms with Crippen molar-refractivity contribution in [1.29, 1.82) is 0 Å². The maximum absolute atomic E-state index is 13.1. The average molecular weight is 438 g/mol. The Morgan fingerprint density at radius 1 is 1.19 bits per heavy atom. The van der Waals surface area contributed by atoms with Crippen LogP contribution >= 0.6 is 0 Å². The van der Waals surface area contributed by atoms with Gasteiger partial charge in [-0.2, -0.15) is 0 Å². The Morgan fingerprint density at radius 3 is 2.59 bits per heavy atom. The molecule has 4 rings (SSSR count). The molecule has 0 bridgehead atoms. The summed E-state index contributed by atoms with van der Waals surface area (Å²) in [6.45, 7) is 5.78. The van der Waals surface area contributed by atoms with Gasteiger partial charge in [-0.1, -0.05) is 43.3 Å². The van der Waals surface area contributed by atoms with Crippen molar-refractivity contribution < 1.29 is 19.4 Å². The molecule has 5 heteroatoms. The minimum Gasteiger partial charge on any atom is -0.493 e. The molecule has 2 aliphatic rings. The predicted molar refractivity (Wildman–Crippen MR) is 125 cm³/mol. The number of likely N-dealkylation sites (tertiary alicyclic amines) is 1. The van der Waals surface area contributed by atoms with Crippen LogP contribution < -0.4 is 9.47 Å². The van der Waals surface area contributed by atoms with Crippen LogP contribution in [0, 0.1) is 11.3 Å². The second-order valence-corrected chi connectivity index (χ2v) is 9.66. The number of hydrogen-bond donors (Lipinski definition) is 1. The van der Waals surface area contributed by atoms with Crippen LogP contribution in [0.15, 0.2) is 48.5 Å². The number of aliphatic hydroxyl groups excluding tert-OH is 1. The summed E-state index contributed by atoms with van der Waals surface area (Å²) >= 11 is 0. The van der Waals surface area contributed by atoms with Gasteiger partial charge in [0.05, 0.1) is 19.8 Å². The van der Waals surface area contributed by atoms with E-state index < -0.39 is 11.5 Å². The zero-order valence-corrected chi connectivity index (χ0v) is 19.4. The molecule has 0 aromatic heterocycles.